The molecule has 0 aliphatic carbocycles. The minimum atomic E-state index is -1.12. The van der Waals surface area contributed by atoms with Crippen molar-refractivity contribution in [2.75, 3.05) is 0 Å². The summed E-state index contributed by atoms with van der Waals surface area (Å²) in [5.41, 5.74) is 1.45. The number of aromatic carboxylic acids is 1. The molecule has 0 fully saturated rings. The summed E-state index contributed by atoms with van der Waals surface area (Å²) in [7, 11) is 0. The van der Waals surface area contributed by atoms with Crippen LogP contribution in [0, 0.1) is 0 Å². The molecule has 0 amide bonds. The number of carboxylic acids is 1. The topological polar surface area (TPSA) is 72.3 Å². The highest BCUT2D eigenvalue weighted by molar-refractivity contribution is 5.97. The summed E-state index contributed by atoms with van der Waals surface area (Å²) in [6, 6.07) is 13.1. The van der Waals surface area contributed by atoms with Crippen LogP contribution in [0.4, 0.5) is 0 Å². The zero-order chi connectivity index (χ0) is 14.7. The molecule has 3 aromatic rings. The Balaban J connectivity index is 2.02. The largest absolute Gasteiger partial charge is 0.486 e. The minimum Gasteiger partial charge on any atom is -0.486 e. The maximum Gasteiger partial charge on any atom is 0.358 e. The fourth-order valence-electron chi connectivity index (χ4n) is 2.05. The van der Waals surface area contributed by atoms with Gasteiger partial charge in [0, 0.05) is 11.6 Å². The third kappa shape index (κ3) is 2.67. The lowest BCUT2D eigenvalue weighted by Crippen LogP contribution is -2.06. The number of carbonyl (C=O) groups is 1. The summed E-state index contributed by atoms with van der Waals surface area (Å²) in [6.45, 7) is 0.275. The smallest absolute Gasteiger partial charge is 0.358 e. The predicted octanol–water partition coefficient (Wildman–Crippen LogP) is 2.91. The van der Waals surface area contributed by atoms with Crippen LogP contribution < -0.4 is 4.74 Å². The monoisotopic (exact) mass is 280 g/mol. The second-order valence-electron chi connectivity index (χ2n) is 4.45. The fourth-order valence-corrected chi connectivity index (χ4v) is 2.05. The van der Waals surface area contributed by atoms with E-state index in [2.05, 4.69) is 9.97 Å². The van der Waals surface area contributed by atoms with E-state index in [1.165, 1.54) is 6.20 Å². The van der Waals surface area contributed by atoms with Gasteiger partial charge in [0.15, 0.2) is 11.4 Å². The quantitative estimate of drug-likeness (QED) is 0.795. The van der Waals surface area contributed by atoms with Gasteiger partial charge in [-0.05, 0) is 17.7 Å². The van der Waals surface area contributed by atoms with Crippen molar-refractivity contribution < 1.29 is 14.6 Å². The molecule has 2 aromatic heterocycles. The molecule has 1 aromatic carbocycles. The van der Waals surface area contributed by atoms with Crippen LogP contribution in [0.5, 0.6) is 5.75 Å². The molecule has 0 saturated heterocycles. The SMILES string of the molecule is O=C(O)c1ncc2ncccc2c1OCc1ccccc1. The average Bonchev–Trinajstić information content (AvgIpc) is 2.53. The van der Waals surface area contributed by atoms with Crippen LogP contribution in [-0.4, -0.2) is 21.0 Å². The maximum absolute atomic E-state index is 11.3. The first-order valence-corrected chi connectivity index (χ1v) is 6.39. The van der Waals surface area contributed by atoms with Gasteiger partial charge in [0.1, 0.15) is 6.61 Å². The lowest BCUT2D eigenvalue weighted by Gasteiger charge is -2.11. The third-order valence-corrected chi connectivity index (χ3v) is 3.04. The van der Waals surface area contributed by atoms with E-state index in [-0.39, 0.29) is 18.1 Å². The van der Waals surface area contributed by atoms with Gasteiger partial charge in [-0.25, -0.2) is 9.78 Å². The van der Waals surface area contributed by atoms with Crippen molar-refractivity contribution >= 4 is 16.9 Å². The normalized spacial score (nSPS) is 10.5. The summed E-state index contributed by atoms with van der Waals surface area (Å²) in [6.07, 6.45) is 3.07. The summed E-state index contributed by atoms with van der Waals surface area (Å²) in [4.78, 5) is 19.4. The van der Waals surface area contributed by atoms with Gasteiger partial charge in [0.05, 0.1) is 11.7 Å². The number of nitrogens with zero attached hydrogens (tertiary/aromatic N) is 2. The highest BCUT2D eigenvalue weighted by Gasteiger charge is 2.17. The number of ether oxygens (including phenoxy) is 1. The number of aromatic nitrogens is 2. The highest BCUT2D eigenvalue weighted by Crippen LogP contribution is 2.27. The van der Waals surface area contributed by atoms with Gasteiger partial charge in [-0.1, -0.05) is 30.3 Å². The number of hydrogen-bond donors (Lipinski definition) is 1. The Morgan fingerprint density at radius 2 is 1.90 bits per heavy atom. The molecule has 5 heteroatoms. The molecule has 0 aliphatic heterocycles. The standard InChI is InChI=1S/C16H12N2O3/c19-16(20)14-15(21-10-11-5-2-1-3-6-11)12-7-4-8-17-13(12)9-18-14/h1-9H,10H2,(H,19,20). The zero-order valence-corrected chi connectivity index (χ0v) is 11.1. The van der Waals surface area contributed by atoms with Gasteiger partial charge in [0.2, 0.25) is 0 Å². The summed E-state index contributed by atoms with van der Waals surface area (Å²) >= 11 is 0. The second-order valence-corrected chi connectivity index (χ2v) is 4.45. The first-order valence-electron chi connectivity index (χ1n) is 6.39. The summed E-state index contributed by atoms with van der Waals surface area (Å²) in [5.74, 6) is -0.874. The van der Waals surface area contributed by atoms with Crippen LogP contribution >= 0.6 is 0 Å². The number of hydrogen-bond acceptors (Lipinski definition) is 4. The third-order valence-electron chi connectivity index (χ3n) is 3.04. The molecule has 0 bridgehead atoms. The Morgan fingerprint density at radius 1 is 1.10 bits per heavy atom. The van der Waals surface area contributed by atoms with Gasteiger partial charge >= 0.3 is 5.97 Å². The summed E-state index contributed by atoms with van der Waals surface area (Å²) < 4.78 is 5.71. The molecular weight excluding hydrogens is 268 g/mol. The van der Waals surface area contributed by atoms with Crippen molar-refractivity contribution in [3.8, 4) is 5.75 Å². The van der Waals surface area contributed by atoms with Crippen molar-refractivity contribution in [2.24, 2.45) is 0 Å². The molecular formula is C16H12N2O3. The fraction of sp³-hybridized carbons (Fsp3) is 0.0625. The first kappa shape index (κ1) is 13.1. The van der Waals surface area contributed by atoms with Gasteiger partial charge in [-0.3, -0.25) is 4.98 Å². The average molecular weight is 280 g/mol. The number of benzene rings is 1. The molecule has 0 spiro atoms. The first-order chi connectivity index (χ1) is 10.3. The van der Waals surface area contributed by atoms with Crippen molar-refractivity contribution in [3.05, 3.63) is 66.1 Å². The molecule has 0 aliphatic rings. The summed E-state index contributed by atoms with van der Waals surface area (Å²) in [5, 5.41) is 9.90. The van der Waals surface area contributed by atoms with E-state index in [0.29, 0.717) is 10.9 Å². The van der Waals surface area contributed by atoms with E-state index >= 15 is 0 Å². The van der Waals surface area contributed by atoms with Crippen molar-refractivity contribution in [1.82, 2.24) is 9.97 Å². The van der Waals surface area contributed by atoms with E-state index in [0.717, 1.165) is 5.56 Å². The van der Waals surface area contributed by atoms with Crippen molar-refractivity contribution in [2.45, 2.75) is 6.61 Å². The highest BCUT2D eigenvalue weighted by atomic mass is 16.5. The molecule has 21 heavy (non-hydrogen) atoms. The number of carboxylic acid groups (broad SMARTS) is 1. The van der Waals surface area contributed by atoms with Crippen molar-refractivity contribution in [3.63, 3.8) is 0 Å². The Hall–Kier alpha value is -2.95. The van der Waals surface area contributed by atoms with Gasteiger partial charge in [-0.2, -0.15) is 0 Å². The lowest BCUT2D eigenvalue weighted by molar-refractivity contribution is 0.0685. The number of pyridine rings is 2. The van der Waals surface area contributed by atoms with Gasteiger partial charge in [-0.15, -0.1) is 0 Å². The van der Waals surface area contributed by atoms with Crippen LogP contribution in [0.15, 0.2) is 54.9 Å². The molecule has 3 rings (SSSR count). The molecule has 0 saturated carbocycles. The second kappa shape index (κ2) is 5.58. The molecule has 5 nitrogen and oxygen atoms in total. The molecule has 0 unspecified atom stereocenters. The molecule has 0 atom stereocenters. The zero-order valence-electron chi connectivity index (χ0n) is 11.1. The van der Waals surface area contributed by atoms with Crippen LogP contribution in [0.1, 0.15) is 16.1 Å². The van der Waals surface area contributed by atoms with Crippen molar-refractivity contribution in [1.29, 1.82) is 0 Å². The molecule has 2 heterocycles. The van der Waals surface area contributed by atoms with E-state index in [1.807, 2.05) is 30.3 Å². The number of rotatable bonds is 4. The lowest BCUT2D eigenvalue weighted by atomic mass is 10.2. The van der Waals surface area contributed by atoms with Crippen LogP contribution in [0.2, 0.25) is 0 Å². The van der Waals surface area contributed by atoms with Crippen LogP contribution in [0.3, 0.4) is 0 Å². The Kier molecular flexibility index (Phi) is 3.47. The van der Waals surface area contributed by atoms with E-state index in [4.69, 9.17) is 4.74 Å². The molecule has 0 radical (unpaired) electrons. The Morgan fingerprint density at radius 3 is 2.67 bits per heavy atom. The predicted molar refractivity (Wildman–Crippen MR) is 77.3 cm³/mol. The van der Waals surface area contributed by atoms with Gasteiger partial charge < -0.3 is 9.84 Å². The number of fused-ring (bicyclic) bond motifs is 1. The van der Waals surface area contributed by atoms with Crippen LogP contribution in [0.25, 0.3) is 10.9 Å². The van der Waals surface area contributed by atoms with E-state index in [1.54, 1.807) is 18.3 Å². The Labute approximate surface area is 120 Å². The van der Waals surface area contributed by atoms with E-state index in [9.17, 15) is 9.90 Å². The maximum atomic E-state index is 11.3. The van der Waals surface area contributed by atoms with Crippen LogP contribution in [-0.2, 0) is 6.61 Å². The van der Waals surface area contributed by atoms with E-state index < -0.39 is 5.97 Å². The van der Waals surface area contributed by atoms with Gasteiger partial charge in [0.25, 0.3) is 0 Å². The minimum absolute atomic E-state index is 0.105. The molecule has 1 N–H and O–H groups in total. The molecule has 104 valence electrons. The Bertz CT molecular complexity index is 788.